The van der Waals surface area contributed by atoms with Crippen LogP contribution in [0.1, 0.15) is 57.7 Å². The Labute approximate surface area is 117 Å². The van der Waals surface area contributed by atoms with Gasteiger partial charge < -0.3 is 9.63 Å². The zero-order valence-electron chi connectivity index (χ0n) is 11.5. The number of thioether (sulfide) groups is 1. The fourth-order valence-corrected chi connectivity index (χ4v) is 2.88. The van der Waals surface area contributed by atoms with Crippen molar-refractivity contribution < 1.29 is 14.4 Å². The van der Waals surface area contributed by atoms with E-state index in [1.165, 1.54) is 0 Å². The summed E-state index contributed by atoms with van der Waals surface area (Å²) in [6.07, 6.45) is 2.14. The Morgan fingerprint density at radius 3 is 2.79 bits per heavy atom. The quantitative estimate of drug-likeness (QED) is 0.915. The van der Waals surface area contributed by atoms with Crippen molar-refractivity contribution in [2.75, 3.05) is 0 Å². The Kier molecular flexibility index (Phi) is 4.18. The summed E-state index contributed by atoms with van der Waals surface area (Å²) in [5.41, 5.74) is 0. The monoisotopic (exact) mass is 284 g/mol. The Hall–Kier alpha value is -1.04. The smallest absolute Gasteiger partial charge is 0.306 e. The Balaban J connectivity index is 1.93. The van der Waals surface area contributed by atoms with Crippen molar-refractivity contribution in [3.63, 3.8) is 0 Å². The highest BCUT2D eigenvalue weighted by molar-refractivity contribution is 7.99. The van der Waals surface area contributed by atoms with Crippen molar-refractivity contribution in [3.05, 3.63) is 11.7 Å². The van der Waals surface area contributed by atoms with Gasteiger partial charge in [-0.15, -0.1) is 11.8 Å². The predicted octanol–water partition coefficient (Wildman–Crippen LogP) is 3.07. The zero-order chi connectivity index (χ0) is 14.0. The minimum atomic E-state index is -0.717. The molecule has 0 saturated heterocycles. The summed E-state index contributed by atoms with van der Waals surface area (Å²) >= 11 is 1.77. The number of rotatable bonds is 4. The highest BCUT2D eigenvalue weighted by Gasteiger charge is 2.33. The maximum atomic E-state index is 10.9. The second-order valence-corrected chi connectivity index (χ2v) is 7.80. The molecule has 6 heteroatoms. The molecule has 1 aliphatic carbocycles. The molecule has 19 heavy (non-hydrogen) atoms. The molecule has 0 amide bonds. The number of hydrogen-bond acceptors (Lipinski definition) is 5. The van der Waals surface area contributed by atoms with Gasteiger partial charge in [-0.05, 0) is 19.3 Å². The molecular formula is C13H20N2O3S. The first-order chi connectivity index (χ1) is 8.85. The molecule has 0 spiro atoms. The molecule has 0 aliphatic heterocycles. The molecule has 1 saturated carbocycles. The SMILES string of the molecule is CC(C)(C)SCc1noc(C2CCC(C(=O)O)C2)n1. The molecule has 0 aromatic carbocycles. The van der Waals surface area contributed by atoms with Gasteiger partial charge in [0.2, 0.25) is 5.89 Å². The number of hydrogen-bond donors (Lipinski definition) is 1. The van der Waals surface area contributed by atoms with Crippen LogP contribution < -0.4 is 0 Å². The maximum absolute atomic E-state index is 10.9. The first-order valence-corrected chi connectivity index (χ1v) is 7.53. The summed E-state index contributed by atoms with van der Waals surface area (Å²) in [6, 6.07) is 0. The van der Waals surface area contributed by atoms with E-state index in [0.29, 0.717) is 24.6 Å². The fraction of sp³-hybridized carbons (Fsp3) is 0.769. The summed E-state index contributed by atoms with van der Waals surface area (Å²) in [5.74, 6) is 1.17. The van der Waals surface area contributed by atoms with Gasteiger partial charge in [-0.1, -0.05) is 25.9 Å². The third kappa shape index (κ3) is 3.96. The van der Waals surface area contributed by atoms with E-state index < -0.39 is 5.97 Å². The van der Waals surface area contributed by atoms with E-state index in [1.807, 2.05) is 0 Å². The summed E-state index contributed by atoms with van der Waals surface area (Å²) < 4.78 is 5.44. The van der Waals surface area contributed by atoms with Crippen LogP contribution in [0.15, 0.2) is 4.52 Å². The molecular weight excluding hydrogens is 264 g/mol. The lowest BCUT2D eigenvalue weighted by Gasteiger charge is -2.15. The molecule has 2 unspecified atom stereocenters. The fourth-order valence-electron chi connectivity index (χ4n) is 2.20. The summed E-state index contributed by atoms with van der Waals surface area (Å²) in [4.78, 5) is 15.3. The van der Waals surface area contributed by atoms with E-state index in [0.717, 1.165) is 12.2 Å². The van der Waals surface area contributed by atoms with Crippen LogP contribution in [0, 0.1) is 5.92 Å². The van der Waals surface area contributed by atoms with Crippen LogP contribution in [0.3, 0.4) is 0 Å². The number of carboxylic acid groups (broad SMARTS) is 1. The Morgan fingerprint density at radius 1 is 1.47 bits per heavy atom. The Bertz CT molecular complexity index is 453. The lowest BCUT2D eigenvalue weighted by atomic mass is 10.1. The number of carboxylic acids is 1. The van der Waals surface area contributed by atoms with Crippen LogP contribution in [0.4, 0.5) is 0 Å². The average Bonchev–Trinajstić information content (AvgIpc) is 2.94. The van der Waals surface area contributed by atoms with Gasteiger partial charge in [-0.2, -0.15) is 4.98 Å². The van der Waals surface area contributed by atoms with Crippen molar-refractivity contribution >= 4 is 17.7 Å². The molecule has 0 radical (unpaired) electrons. The minimum Gasteiger partial charge on any atom is -0.481 e. The lowest BCUT2D eigenvalue weighted by Crippen LogP contribution is -2.09. The van der Waals surface area contributed by atoms with E-state index in [-0.39, 0.29) is 16.6 Å². The molecule has 1 aliphatic rings. The van der Waals surface area contributed by atoms with Gasteiger partial charge >= 0.3 is 5.97 Å². The standard InChI is InChI=1S/C13H20N2O3S/c1-13(2,3)19-7-10-14-11(18-15-10)8-4-5-9(6-8)12(16)17/h8-9H,4-7H2,1-3H3,(H,16,17). The van der Waals surface area contributed by atoms with Crippen LogP contribution in [-0.2, 0) is 10.5 Å². The second kappa shape index (κ2) is 5.53. The Morgan fingerprint density at radius 2 is 2.21 bits per heavy atom. The lowest BCUT2D eigenvalue weighted by molar-refractivity contribution is -0.141. The van der Waals surface area contributed by atoms with Crippen molar-refractivity contribution in [3.8, 4) is 0 Å². The topological polar surface area (TPSA) is 76.2 Å². The predicted molar refractivity (Wildman–Crippen MR) is 73.1 cm³/mol. The molecule has 1 aromatic rings. The third-order valence-electron chi connectivity index (χ3n) is 3.25. The summed E-state index contributed by atoms with van der Waals surface area (Å²) in [5, 5.41) is 13.0. The first-order valence-electron chi connectivity index (χ1n) is 6.54. The van der Waals surface area contributed by atoms with Gasteiger partial charge in [0.15, 0.2) is 5.82 Å². The van der Waals surface area contributed by atoms with Gasteiger partial charge in [-0.3, -0.25) is 4.79 Å². The molecule has 1 fully saturated rings. The van der Waals surface area contributed by atoms with Crippen molar-refractivity contribution in [1.82, 2.24) is 10.1 Å². The van der Waals surface area contributed by atoms with E-state index in [1.54, 1.807) is 11.8 Å². The van der Waals surface area contributed by atoms with Crippen LogP contribution in [0.5, 0.6) is 0 Å². The van der Waals surface area contributed by atoms with E-state index >= 15 is 0 Å². The maximum Gasteiger partial charge on any atom is 0.306 e. The molecule has 5 nitrogen and oxygen atoms in total. The van der Waals surface area contributed by atoms with Crippen LogP contribution in [0.2, 0.25) is 0 Å². The molecule has 2 rings (SSSR count). The van der Waals surface area contributed by atoms with Gasteiger partial charge in [0.1, 0.15) is 0 Å². The summed E-state index contributed by atoms with van der Waals surface area (Å²) in [7, 11) is 0. The van der Waals surface area contributed by atoms with Gasteiger partial charge in [0.25, 0.3) is 0 Å². The van der Waals surface area contributed by atoms with Gasteiger partial charge in [-0.25, -0.2) is 0 Å². The molecule has 1 N–H and O–H groups in total. The first kappa shape index (κ1) is 14.4. The van der Waals surface area contributed by atoms with Crippen molar-refractivity contribution in [1.29, 1.82) is 0 Å². The average molecular weight is 284 g/mol. The van der Waals surface area contributed by atoms with Crippen LogP contribution in [0.25, 0.3) is 0 Å². The number of aliphatic carboxylic acids is 1. The van der Waals surface area contributed by atoms with E-state index in [4.69, 9.17) is 9.63 Å². The minimum absolute atomic E-state index is 0.113. The third-order valence-corrected chi connectivity index (χ3v) is 4.52. The van der Waals surface area contributed by atoms with E-state index in [2.05, 4.69) is 30.9 Å². The second-order valence-electron chi connectivity index (χ2n) is 6.00. The van der Waals surface area contributed by atoms with Crippen molar-refractivity contribution in [2.24, 2.45) is 5.92 Å². The van der Waals surface area contributed by atoms with Gasteiger partial charge in [0, 0.05) is 10.7 Å². The molecule has 1 aromatic heterocycles. The van der Waals surface area contributed by atoms with E-state index in [9.17, 15) is 4.79 Å². The van der Waals surface area contributed by atoms with Gasteiger partial charge in [0.05, 0.1) is 11.7 Å². The highest BCUT2D eigenvalue weighted by Crippen LogP contribution is 2.37. The normalized spacial score (nSPS) is 23.7. The largest absolute Gasteiger partial charge is 0.481 e. The highest BCUT2D eigenvalue weighted by atomic mass is 32.2. The van der Waals surface area contributed by atoms with Crippen LogP contribution in [-0.4, -0.2) is 26.0 Å². The molecule has 1 heterocycles. The molecule has 106 valence electrons. The number of aromatic nitrogens is 2. The zero-order valence-corrected chi connectivity index (χ0v) is 12.4. The molecule has 0 bridgehead atoms. The van der Waals surface area contributed by atoms with Crippen molar-refractivity contribution in [2.45, 2.75) is 56.5 Å². The van der Waals surface area contributed by atoms with Crippen LogP contribution >= 0.6 is 11.8 Å². The number of carbonyl (C=O) groups is 1. The molecule has 2 atom stereocenters. The summed E-state index contributed by atoms with van der Waals surface area (Å²) in [6.45, 7) is 6.44. The number of nitrogens with zero attached hydrogens (tertiary/aromatic N) is 2.